The summed E-state index contributed by atoms with van der Waals surface area (Å²) in [6, 6.07) is 18.0. The molecule has 2 aromatic carbocycles. The van der Waals surface area contributed by atoms with Crippen LogP contribution in [0.15, 0.2) is 54.6 Å². The minimum absolute atomic E-state index is 0.125. The second kappa shape index (κ2) is 7.97. The molecule has 1 amide bonds. The summed E-state index contributed by atoms with van der Waals surface area (Å²) in [6.45, 7) is 2.15. The van der Waals surface area contributed by atoms with Crippen LogP contribution in [0.1, 0.15) is 28.8 Å². The van der Waals surface area contributed by atoms with Gasteiger partial charge < -0.3 is 15.0 Å². The lowest BCUT2D eigenvalue weighted by Gasteiger charge is -2.31. The van der Waals surface area contributed by atoms with E-state index in [1.165, 1.54) is 0 Å². The summed E-state index contributed by atoms with van der Waals surface area (Å²) in [7, 11) is 1.98. The summed E-state index contributed by atoms with van der Waals surface area (Å²) >= 11 is 0. The van der Waals surface area contributed by atoms with Gasteiger partial charge in [0.2, 0.25) is 0 Å². The van der Waals surface area contributed by atoms with Gasteiger partial charge in [-0.1, -0.05) is 30.3 Å². The summed E-state index contributed by atoms with van der Waals surface area (Å²) in [5, 5.41) is 3.29. The molecule has 4 nitrogen and oxygen atoms in total. The summed E-state index contributed by atoms with van der Waals surface area (Å²) in [4.78, 5) is 14.5. The van der Waals surface area contributed by atoms with Crippen molar-refractivity contribution in [2.75, 3.05) is 20.1 Å². The summed E-state index contributed by atoms with van der Waals surface area (Å²) in [6.07, 6.45) is 2.04. The van der Waals surface area contributed by atoms with Crippen molar-refractivity contribution in [2.24, 2.45) is 0 Å². The second-order valence-electron chi connectivity index (χ2n) is 6.15. The first-order valence-corrected chi connectivity index (χ1v) is 8.49. The molecule has 1 saturated heterocycles. The van der Waals surface area contributed by atoms with Crippen LogP contribution in [-0.2, 0) is 6.61 Å². The number of ether oxygens (including phenoxy) is 1. The molecule has 0 spiro atoms. The van der Waals surface area contributed by atoms with Gasteiger partial charge in [0.1, 0.15) is 12.4 Å². The second-order valence-corrected chi connectivity index (χ2v) is 6.15. The largest absolute Gasteiger partial charge is 0.489 e. The molecule has 1 heterocycles. The maximum atomic E-state index is 12.6. The number of piperidine rings is 1. The van der Waals surface area contributed by atoms with E-state index >= 15 is 0 Å². The molecule has 0 saturated carbocycles. The molecule has 1 aliphatic heterocycles. The molecule has 1 fully saturated rings. The minimum atomic E-state index is 0.125. The van der Waals surface area contributed by atoms with Gasteiger partial charge in [-0.15, -0.1) is 0 Å². The normalized spacial score (nSPS) is 15.3. The van der Waals surface area contributed by atoms with Gasteiger partial charge in [-0.3, -0.25) is 4.79 Å². The number of hydrogen-bond acceptors (Lipinski definition) is 3. The molecule has 1 aliphatic rings. The highest BCUT2D eigenvalue weighted by atomic mass is 16.5. The number of hydrogen-bond donors (Lipinski definition) is 1. The zero-order valence-electron chi connectivity index (χ0n) is 14.1. The number of nitrogens with one attached hydrogen (secondary N) is 1. The lowest BCUT2D eigenvalue weighted by Crippen LogP contribution is -2.43. The quantitative estimate of drug-likeness (QED) is 0.919. The monoisotopic (exact) mass is 324 g/mol. The Balaban J connectivity index is 1.55. The molecular formula is C20H24N2O2. The van der Waals surface area contributed by atoms with Crippen LogP contribution in [0.25, 0.3) is 0 Å². The number of benzene rings is 2. The third kappa shape index (κ3) is 4.15. The van der Waals surface area contributed by atoms with Gasteiger partial charge >= 0.3 is 0 Å². The number of carbonyl (C=O) groups is 1. The third-order valence-electron chi connectivity index (χ3n) is 4.54. The van der Waals surface area contributed by atoms with Crippen molar-refractivity contribution in [3.63, 3.8) is 0 Å². The highest BCUT2D eigenvalue weighted by Gasteiger charge is 2.22. The van der Waals surface area contributed by atoms with Crippen molar-refractivity contribution in [3.05, 3.63) is 65.7 Å². The average molecular weight is 324 g/mol. The minimum Gasteiger partial charge on any atom is -0.489 e. The zero-order chi connectivity index (χ0) is 16.8. The Morgan fingerprint density at radius 1 is 1.08 bits per heavy atom. The van der Waals surface area contributed by atoms with Crippen molar-refractivity contribution in [3.8, 4) is 5.75 Å². The fourth-order valence-corrected chi connectivity index (χ4v) is 2.98. The number of likely N-dealkylation sites (tertiary alicyclic amines) is 1. The van der Waals surface area contributed by atoms with E-state index < -0.39 is 0 Å². The topological polar surface area (TPSA) is 41.6 Å². The molecule has 0 radical (unpaired) electrons. The number of para-hydroxylation sites is 1. The van der Waals surface area contributed by atoms with Gasteiger partial charge in [0.25, 0.3) is 5.91 Å². The molecule has 126 valence electrons. The fourth-order valence-electron chi connectivity index (χ4n) is 2.98. The van der Waals surface area contributed by atoms with Crippen LogP contribution in [-0.4, -0.2) is 37.0 Å². The van der Waals surface area contributed by atoms with Crippen LogP contribution >= 0.6 is 0 Å². The van der Waals surface area contributed by atoms with E-state index in [0.717, 1.165) is 42.8 Å². The summed E-state index contributed by atoms with van der Waals surface area (Å²) in [5.41, 5.74) is 1.81. The molecule has 1 N–H and O–H groups in total. The van der Waals surface area contributed by atoms with E-state index in [0.29, 0.717) is 12.6 Å². The highest BCUT2D eigenvalue weighted by molar-refractivity contribution is 5.94. The van der Waals surface area contributed by atoms with Crippen molar-refractivity contribution in [2.45, 2.75) is 25.5 Å². The molecule has 0 bridgehead atoms. The maximum absolute atomic E-state index is 12.6. The van der Waals surface area contributed by atoms with E-state index in [1.54, 1.807) is 0 Å². The Morgan fingerprint density at radius 3 is 2.38 bits per heavy atom. The van der Waals surface area contributed by atoms with Crippen LogP contribution in [0, 0.1) is 0 Å². The number of carbonyl (C=O) groups excluding carboxylic acids is 1. The molecule has 0 atom stereocenters. The van der Waals surface area contributed by atoms with Crippen molar-refractivity contribution < 1.29 is 9.53 Å². The van der Waals surface area contributed by atoms with Crippen molar-refractivity contribution in [1.29, 1.82) is 0 Å². The molecule has 3 rings (SSSR count). The van der Waals surface area contributed by atoms with Gasteiger partial charge in [0.15, 0.2) is 0 Å². The van der Waals surface area contributed by atoms with E-state index in [-0.39, 0.29) is 5.91 Å². The van der Waals surface area contributed by atoms with Crippen molar-refractivity contribution in [1.82, 2.24) is 10.2 Å². The number of rotatable bonds is 5. The third-order valence-corrected chi connectivity index (χ3v) is 4.54. The number of amides is 1. The first kappa shape index (κ1) is 16.5. The van der Waals surface area contributed by atoms with Gasteiger partial charge in [-0.05, 0) is 49.7 Å². The van der Waals surface area contributed by atoms with Crippen LogP contribution < -0.4 is 10.1 Å². The van der Waals surface area contributed by atoms with E-state index in [4.69, 9.17) is 4.74 Å². The molecule has 0 aliphatic carbocycles. The maximum Gasteiger partial charge on any atom is 0.253 e. The SMILES string of the molecule is CNC1CCN(C(=O)c2ccc(COc3ccccc3)cc2)CC1. The smallest absolute Gasteiger partial charge is 0.253 e. The van der Waals surface area contributed by atoms with Gasteiger partial charge in [0.05, 0.1) is 0 Å². The van der Waals surface area contributed by atoms with Crippen LogP contribution in [0.5, 0.6) is 5.75 Å². The lowest BCUT2D eigenvalue weighted by molar-refractivity contribution is 0.0707. The lowest BCUT2D eigenvalue weighted by atomic mass is 10.0. The molecule has 4 heteroatoms. The fraction of sp³-hybridized carbons (Fsp3) is 0.350. The van der Waals surface area contributed by atoms with E-state index in [2.05, 4.69) is 5.32 Å². The van der Waals surface area contributed by atoms with Gasteiger partial charge in [-0.25, -0.2) is 0 Å². The van der Waals surface area contributed by atoms with Crippen molar-refractivity contribution >= 4 is 5.91 Å². The first-order chi connectivity index (χ1) is 11.8. The van der Waals surface area contributed by atoms with E-state index in [9.17, 15) is 4.79 Å². The predicted octanol–water partition coefficient (Wildman–Crippen LogP) is 3.09. The Hall–Kier alpha value is -2.33. The van der Waals surface area contributed by atoms with Crippen LogP contribution in [0.4, 0.5) is 0 Å². The van der Waals surface area contributed by atoms with Gasteiger partial charge in [0, 0.05) is 24.7 Å². The first-order valence-electron chi connectivity index (χ1n) is 8.49. The molecule has 0 unspecified atom stereocenters. The standard InChI is InChI=1S/C20H24N2O2/c1-21-18-11-13-22(14-12-18)20(23)17-9-7-16(8-10-17)15-24-19-5-3-2-4-6-19/h2-10,18,21H,11-15H2,1H3. The van der Waals surface area contributed by atoms with Crippen LogP contribution in [0.2, 0.25) is 0 Å². The number of nitrogens with zero attached hydrogens (tertiary/aromatic N) is 1. The Labute approximate surface area is 143 Å². The molecular weight excluding hydrogens is 300 g/mol. The highest BCUT2D eigenvalue weighted by Crippen LogP contribution is 2.16. The summed E-state index contributed by atoms with van der Waals surface area (Å²) < 4.78 is 5.73. The average Bonchev–Trinajstić information content (AvgIpc) is 2.67. The Morgan fingerprint density at radius 2 is 1.75 bits per heavy atom. The molecule has 2 aromatic rings. The molecule has 24 heavy (non-hydrogen) atoms. The van der Waals surface area contributed by atoms with Crippen LogP contribution in [0.3, 0.4) is 0 Å². The van der Waals surface area contributed by atoms with Gasteiger partial charge in [-0.2, -0.15) is 0 Å². The molecule has 0 aromatic heterocycles. The van der Waals surface area contributed by atoms with E-state index in [1.807, 2.05) is 66.5 Å². The summed E-state index contributed by atoms with van der Waals surface area (Å²) in [5.74, 6) is 0.977. The Kier molecular flexibility index (Phi) is 5.49. The Bertz CT molecular complexity index is 647. The predicted molar refractivity (Wildman–Crippen MR) is 95.2 cm³/mol. The zero-order valence-corrected chi connectivity index (χ0v) is 14.1.